The molecule has 0 unspecified atom stereocenters. The van der Waals surface area contributed by atoms with Gasteiger partial charge in [0, 0.05) is 19.2 Å². The molecule has 1 aromatic heterocycles. The lowest BCUT2D eigenvalue weighted by Crippen LogP contribution is -2.25. The Hall–Kier alpha value is -2.30. The van der Waals surface area contributed by atoms with Gasteiger partial charge >= 0.3 is 5.22 Å². The first kappa shape index (κ1) is 18.5. The van der Waals surface area contributed by atoms with Gasteiger partial charge in [-0.1, -0.05) is 35.4 Å². The molecule has 0 bridgehead atoms. The number of hydrogen-bond acceptors (Lipinski definition) is 7. The van der Waals surface area contributed by atoms with Crippen molar-refractivity contribution < 1.29 is 21.3 Å². The molecule has 10 heteroatoms. The van der Waals surface area contributed by atoms with Crippen LogP contribution in [0, 0.1) is 0 Å². The van der Waals surface area contributed by atoms with Crippen LogP contribution in [0.5, 0.6) is 0 Å². The molecule has 0 atom stereocenters. The Labute approximate surface area is 151 Å². The van der Waals surface area contributed by atoms with E-state index in [4.69, 9.17) is 4.42 Å². The van der Waals surface area contributed by atoms with Crippen molar-refractivity contribution in [3.63, 3.8) is 0 Å². The zero-order chi connectivity index (χ0) is 18.8. The third-order valence-electron chi connectivity index (χ3n) is 3.66. The second-order valence-electron chi connectivity index (χ2n) is 5.74. The molecule has 0 saturated carbocycles. The van der Waals surface area contributed by atoms with E-state index in [1.165, 1.54) is 0 Å². The van der Waals surface area contributed by atoms with Crippen molar-refractivity contribution in [2.24, 2.45) is 0 Å². The highest BCUT2D eigenvalue weighted by Gasteiger charge is 2.17. The number of hydrogen-bond donors (Lipinski definition) is 1. The van der Waals surface area contributed by atoms with Gasteiger partial charge in [0.2, 0.25) is 25.8 Å². The van der Waals surface area contributed by atoms with Crippen LogP contribution in [-0.4, -0.2) is 39.8 Å². The van der Waals surface area contributed by atoms with E-state index in [0.29, 0.717) is 6.42 Å². The minimum atomic E-state index is -3.64. The molecule has 3 rings (SSSR count). The Kier molecular flexibility index (Phi) is 5.08. The number of sulfonamides is 1. The predicted octanol–water partition coefficient (Wildman–Crippen LogP) is 1.54. The fourth-order valence-electron chi connectivity index (χ4n) is 2.35. The molecule has 0 aliphatic rings. The lowest BCUT2D eigenvalue weighted by atomic mass is 10.1. The summed E-state index contributed by atoms with van der Waals surface area (Å²) in [5.41, 5.74) is 0. The fraction of sp³-hybridized carbons (Fsp3) is 0.250. The highest BCUT2D eigenvalue weighted by atomic mass is 32.2. The van der Waals surface area contributed by atoms with Crippen molar-refractivity contribution >= 4 is 30.6 Å². The van der Waals surface area contributed by atoms with Crippen molar-refractivity contribution in [2.75, 3.05) is 12.8 Å². The molecule has 1 heterocycles. The van der Waals surface area contributed by atoms with Gasteiger partial charge in [0.1, 0.15) is 0 Å². The molecule has 0 aliphatic heterocycles. The van der Waals surface area contributed by atoms with Crippen molar-refractivity contribution in [3.05, 3.63) is 48.4 Å². The number of aromatic nitrogens is 2. The molecule has 3 aromatic rings. The monoisotopic (exact) mass is 395 g/mol. The van der Waals surface area contributed by atoms with Gasteiger partial charge in [0.05, 0.1) is 4.90 Å². The number of nitrogens with one attached hydrogen (secondary N) is 1. The minimum Gasteiger partial charge on any atom is -0.413 e. The van der Waals surface area contributed by atoms with Crippen molar-refractivity contribution in [3.8, 4) is 0 Å². The molecule has 26 heavy (non-hydrogen) atoms. The number of aryl methyl sites for hydroxylation is 1. The largest absolute Gasteiger partial charge is 0.413 e. The molecule has 0 radical (unpaired) electrons. The molecular weight excluding hydrogens is 378 g/mol. The average molecular weight is 395 g/mol. The first-order chi connectivity index (χ1) is 12.3. The van der Waals surface area contributed by atoms with E-state index in [2.05, 4.69) is 14.9 Å². The summed E-state index contributed by atoms with van der Waals surface area (Å²) < 4.78 is 54.8. The third-order valence-corrected chi connectivity index (χ3v) is 5.91. The third kappa shape index (κ3) is 4.26. The molecule has 8 nitrogen and oxygen atoms in total. The summed E-state index contributed by atoms with van der Waals surface area (Å²) in [6, 6.07) is 12.4. The topological polar surface area (TPSA) is 119 Å². The molecule has 2 aromatic carbocycles. The van der Waals surface area contributed by atoms with E-state index < -0.39 is 25.1 Å². The molecule has 0 saturated heterocycles. The fourth-order valence-corrected chi connectivity index (χ4v) is 3.90. The van der Waals surface area contributed by atoms with E-state index in [0.717, 1.165) is 17.0 Å². The lowest BCUT2D eigenvalue weighted by Gasteiger charge is -2.07. The Balaban J connectivity index is 1.60. The van der Waals surface area contributed by atoms with Crippen molar-refractivity contribution in [2.45, 2.75) is 23.0 Å². The van der Waals surface area contributed by atoms with Crippen LogP contribution < -0.4 is 4.72 Å². The number of nitrogens with zero attached hydrogens (tertiary/aromatic N) is 2. The number of sulfone groups is 1. The molecule has 1 N–H and O–H groups in total. The zero-order valence-corrected chi connectivity index (χ0v) is 15.5. The minimum absolute atomic E-state index is 0.148. The summed E-state index contributed by atoms with van der Waals surface area (Å²) in [7, 11) is -7.18. The second-order valence-corrected chi connectivity index (χ2v) is 9.40. The van der Waals surface area contributed by atoms with Crippen LogP contribution in [0.25, 0.3) is 10.8 Å². The number of fused-ring (bicyclic) bond motifs is 1. The lowest BCUT2D eigenvalue weighted by molar-refractivity contribution is 0.394. The van der Waals surface area contributed by atoms with Gasteiger partial charge in [-0.05, 0) is 29.3 Å². The molecule has 0 amide bonds. The smallest absolute Gasteiger partial charge is 0.335 e. The predicted molar refractivity (Wildman–Crippen MR) is 94.9 cm³/mol. The van der Waals surface area contributed by atoms with Gasteiger partial charge in [-0.3, -0.25) is 0 Å². The summed E-state index contributed by atoms with van der Waals surface area (Å²) in [6.45, 7) is 0.158. The van der Waals surface area contributed by atoms with Crippen LogP contribution >= 0.6 is 0 Å². The normalized spacial score (nSPS) is 12.5. The number of rotatable bonds is 7. The van der Waals surface area contributed by atoms with Crippen molar-refractivity contribution in [1.82, 2.24) is 14.9 Å². The van der Waals surface area contributed by atoms with Crippen LogP contribution in [0.1, 0.15) is 12.3 Å². The Morgan fingerprint density at radius 1 is 1.00 bits per heavy atom. The van der Waals surface area contributed by atoms with Crippen LogP contribution in [0.15, 0.2) is 57.0 Å². The standard InChI is InChI=1S/C16H17N3O5S2/c1-25(20,21)16-19-18-15(24-16)7-4-10-17-26(22,23)14-9-8-12-5-2-3-6-13(12)11-14/h2-3,5-6,8-9,11,17H,4,7,10H2,1H3. The Morgan fingerprint density at radius 3 is 2.42 bits per heavy atom. The summed E-state index contributed by atoms with van der Waals surface area (Å²) in [5.74, 6) is 0.148. The summed E-state index contributed by atoms with van der Waals surface area (Å²) in [6.07, 6.45) is 1.63. The first-order valence-corrected chi connectivity index (χ1v) is 11.1. The van der Waals surface area contributed by atoms with Gasteiger partial charge in [-0.2, -0.15) is 0 Å². The Bertz CT molecular complexity index is 1140. The summed E-state index contributed by atoms with van der Waals surface area (Å²) in [5, 5.41) is 8.45. The van der Waals surface area contributed by atoms with E-state index in [-0.39, 0.29) is 23.8 Å². The quantitative estimate of drug-likeness (QED) is 0.603. The van der Waals surface area contributed by atoms with Crippen LogP contribution in [0.2, 0.25) is 0 Å². The van der Waals surface area contributed by atoms with Crippen LogP contribution in [-0.2, 0) is 26.3 Å². The Morgan fingerprint density at radius 2 is 1.73 bits per heavy atom. The van der Waals surface area contributed by atoms with Gasteiger partial charge in [-0.15, -0.1) is 5.10 Å². The van der Waals surface area contributed by atoms with Gasteiger partial charge in [-0.25, -0.2) is 21.6 Å². The molecule has 0 fully saturated rings. The van der Waals surface area contributed by atoms with Crippen LogP contribution in [0.3, 0.4) is 0 Å². The SMILES string of the molecule is CS(=O)(=O)c1nnc(CCCNS(=O)(=O)c2ccc3ccccc3c2)o1. The van der Waals surface area contributed by atoms with E-state index in [9.17, 15) is 16.8 Å². The van der Waals surface area contributed by atoms with Gasteiger partial charge in [0.15, 0.2) is 0 Å². The summed E-state index contributed by atoms with van der Waals surface area (Å²) >= 11 is 0. The maximum atomic E-state index is 12.4. The van der Waals surface area contributed by atoms with Crippen LogP contribution in [0.4, 0.5) is 0 Å². The first-order valence-electron chi connectivity index (χ1n) is 7.77. The second kappa shape index (κ2) is 7.14. The molecule has 0 aliphatic carbocycles. The highest BCUT2D eigenvalue weighted by molar-refractivity contribution is 7.90. The van der Waals surface area contributed by atoms with E-state index >= 15 is 0 Å². The maximum absolute atomic E-state index is 12.4. The van der Waals surface area contributed by atoms with Gasteiger partial charge < -0.3 is 4.42 Å². The zero-order valence-electron chi connectivity index (χ0n) is 13.9. The molecular formula is C16H17N3O5S2. The summed E-state index contributed by atoms with van der Waals surface area (Å²) in [4.78, 5) is 0.188. The number of benzene rings is 2. The van der Waals surface area contributed by atoms with Gasteiger partial charge in [0.25, 0.3) is 0 Å². The highest BCUT2D eigenvalue weighted by Crippen LogP contribution is 2.18. The molecule has 138 valence electrons. The van der Waals surface area contributed by atoms with E-state index in [1.807, 2.05) is 24.3 Å². The molecule has 0 spiro atoms. The van der Waals surface area contributed by atoms with Crippen molar-refractivity contribution in [1.29, 1.82) is 0 Å². The maximum Gasteiger partial charge on any atom is 0.335 e. The average Bonchev–Trinajstić information content (AvgIpc) is 3.08. The van der Waals surface area contributed by atoms with E-state index in [1.54, 1.807) is 18.2 Å².